The molecule has 0 aliphatic carbocycles. The quantitative estimate of drug-likeness (QED) is 0.332. The van der Waals surface area contributed by atoms with Crippen molar-refractivity contribution in [3.05, 3.63) is 34.4 Å². The molecule has 2 rings (SSSR count). The van der Waals surface area contributed by atoms with Crippen LogP contribution in [0.4, 0.5) is 11.4 Å². The predicted octanol–water partition coefficient (Wildman–Crippen LogP) is 3.54. The number of rotatable bonds is 7. The average Bonchev–Trinajstić information content (AvgIpc) is 2.56. The standard InChI is InChI=1S/C17H24N2O4/c1-2-3-12-23-17(20)13-14-8-10-18(11-9-14)15-4-6-16(7-5-15)19(21)22/h4-7,14H,2-3,8-13H2,1H3. The highest BCUT2D eigenvalue weighted by molar-refractivity contribution is 5.69. The zero-order chi connectivity index (χ0) is 16.7. The molecular formula is C17H24N2O4. The van der Waals surface area contributed by atoms with Gasteiger partial charge in [-0.3, -0.25) is 14.9 Å². The Kier molecular flexibility index (Phi) is 6.38. The molecule has 0 saturated carbocycles. The zero-order valence-corrected chi connectivity index (χ0v) is 13.6. The smallest absolute Gasteiger partial charge is 0.306 e. The van der Waals surface area contributed by atoms with Crippen molar-refractivity contribution in [2.24, 2.45) is 5.92 Å². The molecule has 6 heteroatoms. The molecule has 1 aliphatic rings. The van der Waals surface area contributed by atoms with Gasteiger partial charge in [0, 0.05) is 37.3 Å². The van der Waals surface area contributed by atoms with Crippen LogP contribution in [0, 0.1) is 16.0 Å². The summed E-state index contributed by atoms with van der Waals surface area (Å²) in [6.07, 6.45) is 4.34. The minimum absolute atomic E-state index is 0.0905. The summed E-state index contributed by atoms with van der Waals surface area (Å²) < 4.78 is 5.22. The topological polar surface area (TPSA) is 72.7 Å². The van der Waals surface area contributed by atoms with Gasteiger partial charge in [-0.2, -0.15) is 0 Å². The minimum Gasteiger partial charge on any atom is -0.466 e. The van der Waals surface area contributed by atoms with Crippen LogP contribution >= 0.6 is 0 Å². The molecule has 0 N–H and O–H groups in total. The van der Waals surface area contributed by atoms with E-state index in [1.165, 1.54) is 12.1 Å². The fourth-order valence-electron chi connectivity index (χ4n) is 2.81. The molecule has 1 aromatic rings. The molecule has 0 atom stereocenters. The number of carbonyl (C=O) groups is 1. The van der Waals surface area contributed by atoms with E-state index in [1.807, 2.05) is 0 Å². The van der Waals surface area contributed by atoms with E-state index < -0.39 is 0 Å². The van der Waals surface area contributed by atoms with Gasteiger partial charge in [-0.15, -0.1) is 0 Å². The summed E-state index contributed by atoms with van der Waals surface area (Å²) in [5.41, 5.74) is 1.11. The van der Waals surface area contributed by atoms with Crippen molar-refractivity contribution < 1.29 is 14.5 Å². The number of benzene rings is 1. The van der Waals surface area contributed by atoms with Crippen LogP contribution in [0.5, 0.6) is 0 Å². The van der Waals surface area contributed by atoms with Crippen LogP contribution < -0.4 is 4.90 Å². The van der Waals surface area contributed by atoms with E-state index in [0.717, 1.165) is 44.5 Å². The molecule has 1 aliphatic heterocycles. The Morgan fingerprint density at radius 2 is 1.96 bits per heavy atom. The molecule has 0 aromatic heterocycles. The summed E-state index contributed by atoms with van der Waals surface area (Å²) in [5, 5.41) is 10.7. The first-order valence-corrected chi connectivity index (χ1v) is 8.25. The number of esters is 1. The predicted molar refractivity (Wildman–Crippen MR) is 88.5 cm³/mol. The molecule has 1 fully saturated rings. The van der Waals surface area contributed by atoms with Crippen LogP contribution in [0.1, 0.15) is 39.0 Å². The van der Waals surface area contributed by atoms with Crippen molar-refractivity contribution in [3.8, 4) is 0 Å². The van der Waals surface area contributed by atoms with E-state index in [4.69, 9.17) is 4.74 Å². The third-order valence-electron chi connectivity index (χ3n) is 4.26. The van der Waals surface area contributed by atoms with E-state index in [0.29, 0.717) is 18.9 Å². The minimum atomic E-state index is -0.389. The fourth-order valence-corrected chi connectivity index (χ4v) is 2.81. The molecule has 23 heavy (non-hydrogen) atoms. The lowest BCUT2D eigenvalue weighted by Gasteiger charge is -2.33. The number of nitrogens with zero attached hydrogens (tertiary/aromatic N) is 2. The monoisotopic (exact) mass is 320 g/mol. The van der Waals surface area contributed by atoms with Gasteiger partial charge in [0.1, 0.15) is 0 Å². The number of nitro benzene ring substituents is 1. The lowest BCUT2D eigenvalue weighted by atomic mass is 9.93. The van der Waals surface area contributed by atoms with Crippen molar-refractivity contribution in [1.82, 2.24) is 0 Å². The zero-order valence-electron chi connectivity index (χ0n) is 13.6. The number of anilines is 1. The number of nitro groups is 1. The maximum Gasteiger partial charge on any atom is 0.306 e. The van der Waals surface area contributed by atoms with Gasteiger partial charge in [0.05, 0.1) is 11.5 Å². The highest BCUT2D eigenvalue weighted by Crippen LogP contribution is 2.26. The van der Waals surface area contributed by atoms with Crippen LogP contribution in [-0.4, -0.2) is 30.6 Å². The van der Waals surface area contributed by atoms with Crippen molar-refractivity contribution in [1.29, 1.82) is 0 Å². The van der Waals surface area contributed by atoms with Crippen molar-refractivity contribution in [2.45, 2.75) is 39.0 Å². The van der Waals surface area contributed by atoms with E-state index in [9.17, 15) is 14.9 Å². The number of ether oxygens (including phenoxy) is 1. The summed E-state index contributed by atoms with van der Waals surface area (Å²) in [6.45, 7) is 4.33. The number of hydrogen-bond acceptors (Lipinski definition) is 5. The SMILES string of the molecule is CCCCOC(=O)CC1CCN(c2ccc([N+](=O)[O-])cc2)CC1. The van der Waals surface area contributed by atoms with Gasteiger partial charge in [-0.05, 0) is 37.3 Å². The number of carbonyl (C=O) groups excluding carboxylic acids is 1. The number of piperidine rings is 1. The van der Waals surface area contributed by atoms with Gasteiger partial charge in [-0.25, -0.2) is 0 Å². The lowest BCUT2D eigenvalue weighted by molar-refractivity contribution is -0.384. The van der Waals surface area contributed by atoms with Crippen LogP contribution in [0.15, 0.2) is 24.3 Å². The highest BCUT2D eigenvalue weighted by Gasteiger charge is 2.22. The van der Waals surface area contributed by atoms with Gasteiger partial charge >= 0.3 is 5.97 Å². The molecule has 6 nitrogen and oxygen atoms in total. The first-order valence-electron chi connectivity index (χ1n) is 8.25. The van der Waals surface area contributed by atoms with Crippen molar-refractivity contribution in [2.75, 3.05) is 24.6 Å². The Morgan fingerprint density at radius 1 is 1.30 bits per heavy atom. The van der Waals surface area contributed by atoms with Gasteiger partial charge in [0.2, 0.25) is 0 Å². The van der Waals surface area contributed by atoms with E-state index in [-0.39, 0.29) is 16.6 Å². The van der Waals surface area contributed by atoms with Gasteiger partial charge in [0.15, 0.2) is 0 Å². The second-order valence-electron chi connectivity index (χ2n) is 5.98. The summed E-state index contributed by atoms with van der Waals surface area (Å²) in [5.74, 6) is 0.283. The Bertz CT molecular complexity index is 522. The third kappa shape index (κ3) is 5.23. The molecule has 1 aromatic carbocycles. The third-order valence-corrected chi connectivity index (χ3v) is 4.26. The second kappa shape index (κ2) is 8.50. The van der Waals surface area contributed by atoms with Gasteiger partial charge < -0.3 is 9.64 Å². The van der Waals surface area contributed by atoms with E-state index in [2.05, 4.69) is 11.8 Å². The molecule has 0 unspecified atom stereocenters. The van der Waals surface area contributed by atoms with Crippen LogP contribution in [0.2, 0.25) is 0 Å². The maximum absolute atomic E-state index is 11.7. The molecule has 0 amide bonds. The molecule has 1 saturated heterocycles. The first-order chi connectivity index (χ1) is 11.1. The number of non-ortho nitro benzene ring substituents is 1. The van der Waals surface area contributed by atoms with Crippen LogP contribution in [-0.2, 0) is 9.53 Å². The summed E-state index contributed by atoms with van der Waals surface area (Å²) in [4.78, 5) is 24.2. The van der Waals surface area contributed by atoms with Crippen LogP contribution in [0.3, 0.4) is 0 Å². The fraction of sp³-hybridized carbons (Fsp3) is 0.588. The Morgan fingerprint density at radius 3 is 2.52 bits per heavy atom. The first kappa shape index (κ1) is 17.2. The molecule has 0 spiro atoms. The normalized spacial score (nSPS) is 15.4. The molecule has 0 bridgehead atoms. The maximum atomic E-state index is 11.7. The number of unbranched alkanes of at least 4 members (excludes halogenated alkanes) is 1. The highest BCUT2D eigenvalue weighted by atomic mass is 16.6. The van der Waals surface area contributed by atoms with E-state index in [1.54, 1.807) is 12.1 Å². The molecule has 126 valence electrons. The Labute approximate surface area is 136 Å². The molecule has 1 heterocycles. The summed E-state index contributed by atoms with van der Waals surface area (Å²) in [6, 6.07) is 6.65. The van der Waals surface area contributed by atoms with Crippen molar-refractivity contribution in [3.63, 3.8) is 0 Å². The van der Waals surface area contributed by atoms with E-state index >= 15 is 0 Å². The molecule has 0 radical (unpaired) electrons. The average molecular weight is 320 g/mol. The summed E-state index contributed by atoms with van der Waals surface area (Å²) in [7, 11) is 0. The lowest BCUT2D eigenvalue weighted by Crippen LogP contribution is -2.34. The Hall–Kier alpha value is -2.11. The van der Waals surface area contributed by atoms with Crippen LogP contribution in [0.25, 0.3) is 0 Å². The summed E-state index contributed by atoms with van der Waals surface area (Å²) >= 11 is 0. The number of hydrogen-bond donors (Lipinski definition) is 0. The molecular weight excluding hydrogens is 296 g/mol. The second-order valence-corrected chi connectivity index (χ2v) is 5.98. The largest absolute Gasteiger partial charge is 0.466 e. The van der Waals surface area contributed by atoms with Gasteiger partial charge in [0.25, 0.3) is 5.69 Å². The van der Waals surface area contributed by atoms with Gasteiger partial charge in [-0.1, -0.05) is 13.3 Å². The Balaban J connectivity index is 1.77. The van der Waals surface area contributed by atoms with Crippen molar-refractivity contribution >= 4 is 17.3 Å².